The van der Waals surface area contributed by atoms with Crippen molar-refractivity contribution in [1.82, 2.24) is 19.3 Å². The maximum Gasteiger partial charge on any atom is 0.276 e. The highest BCUT2D eigenvalue weighted by Gasteiger charge is 2.27. The topological polar surface area (TPSA) is 85.1 Å². The van der Waals surface area contributed by atoms with Gasteiger partial charge in [0, 0.05) is 32.1 Å². The van der Waals surface area contributed by atoms with Gasteiger partial charge in [-0.1, -0.05) is 26.8 Å². The Bertz CT molecular complexity index is 1560. The molecule has 4 aromatic rings. The lowest BCUT2D eigenvalue weighted by atomic mass is 10.1. The lowest BCUT2D eigenvalue weighted by Gasteiger charge is -2.22. The smallest absolute Gasteiger partial charge is 0.276 e. The van der Waals surface area contributed by atoms with Gasteiger partial charge in [-0.2, -0.15) is 9.78 Å². The Morgan fingerprint density at radius 3 is 2.46 bits per heavy atom. The zero-order chi connectivity index (χ0) is 26.4. The molecule has 0 saturated carbocycles. The number of halogens is 2. The Morgan fingerprint density at radius 1 is 1.08 bits per heavy atom. The molecule has 2 aromatic carbocycles. The number of aromatic nitrogens is 4. The van der Waals surface area contributed by atoms with E-state index in [0.29, 0.717) is 16.3 Å². The number of nitrogens with zero attached hydrogens (tertiary/aromatic N) is 5. The number of nitrogens with one attached hydrogen (secondary N) is 1. The number of hydrogen-bond acceptors (Lipinski definition) is 5. The standard InChI is InChI=1S/C27H28F2N6O2/c1-15(2)26-31-23-21(33(26)4)10-8-19(25(23)34-13-12-16(3)14-34)30-27(37)20-9-11-22(36)35(32-20)24-17(28)6-5-7-18(24)29/h5-11,15-16H,12-14H2,1-4H3,(H,30,37)/t16-/m1/s1. The Hall–Kier alpha value is -4.08. The highest BCUT2D eigenvalue weighted by Crippen LogP contribution is 2.38. The van der Waals surface area contributed by atoms with Gasteiger partial charge in [-0.15, -0.1) is 0 Å². The summed E-state index contributed by atoms with van der Waals surface area (Å²) in [4.78, 5) is 32.8. The predicted molar refractivity (Wildman–Crippen MR) is 139 cm³/mol. The van der Waals surface area contributed by atoms with E-state index in [-0.39, 0.29) is 11.6 Å². The molecule has 0 radical (unpaired) electrons. The van der Waals surface area contributed by atoms with Crippen LogP contribution in [-0.2, 0) is 7.05 Å². The molecular weight excluding hydrogens is 478 g/mol. The zero-order valence-electron chi connectivity index (χ0n) is 21.1. The van der Waals surface area contributed by atoms with Gasteiger partial charge >= 0.3 is 0 Å². The van der Waals surface area contributed by atoms with E-state index in [1.54, 1.807) is 0 Å². The van der Waals surface area contributed by atoms with Gasteiger partial charge in [0.25, 0.3) is 11.5 Å². The van der Waals surface area contributed by atoms with Crippen LogP contribution in [0.25, 0.3) is 16.7 Å². The van der Waals surface area contributed by atoms with E-state index < -0.39 is 28.8 Å². The number of imidazole rings is 1. The molecule has 1 fully saturated rings. The Kier molecular flexibility index (Phi) is 6.26. The van der Waals surface area contributed by atoms with Crippen molar-refractivity contribution in [1.29, 1.82) is 0 Å². The number of rotatable bonds is 5. The molecule has 8 nitrogen and oxygen atoms in total. The number of fused-ring (bicyclic) bond motifs is 1. The van der Waals surface area contributed by atoms with Crippen LogP contribution < -0.4 is 15.8 Å². The molecular formula is C27H28F2N6O2. The highest BCUT2D eigenvalue weighted by molar-refractivity contribution is 6.08. The van der Waals surface area contributed by atoms with E-state index >= 15 is 0 Å². The monoisotopic (exact) mass is 506 g/mol. The van der Waals surface area contributed by atoms with Gasteiger partial charge in [-0.05, 0) is 42.7 Å². The lowest BCUT2D eigenvalue weighted by Crippen LogP contribution is -2.27. The van der Waals surface area contributed by atoms with E-state index in [9.17, 15) is 18.4 Å². The molecule has 1 amide bonds. The van der Waals surface area contributed by atoms with Crippen LogP contribution in [0.2, 0.25) is 0 Å². The summed E-state index contributed by atoms with van der Waals surface area (Å²) in [6.07, 6.45) is 1.02. The zero-order valence-corrected chi connectivity index (χ0v) is 21.1. The van der Waals surface area contributed by atoms with Crippen molar-refractivity contribution >= 4 is 28.3 Å². The summed E-state index contributed by atoms with van der Waals surface area (Å²) in [5, 5.41) is 6.88. The molecule has 5 rings (SSSR count). The largest absolute Gasteiger partial charge is 0.368 e. The van der Waals surface area contributed by atoms with Crippen molar-refractivity contribution in [2.24, 2.45) is 13.0 Å². The average Bonchev–Trinajstić information content (AvgIpc) is 3.43. The molecule has 1 saturated heterocycles. The first-order valence-corrected chi connectivity index (χ1v) is 12.3. The SMILES string of the molecule is CC(C)c1nc2c(N3CC[C@@H](C)C3)c(NC(=O)c3ccc(=O)n(-c4c(F)cccc4F)n3)ccc2n1C. The van der Waals surface area contributed by atoms with Gasteiger partial charge in [0.05, 0.1) is 16.9 Å². The lowest BCUT2D eigenvalue weighted by molar-refractivity contribution is 0.102. The fraction of sp³-hybridized carbons (Fsp3) is 0.333. The summed E-state index contributed by atoms with van der Waals surface area (Å²) < 4.78 is 31.3. The number of hydrogen-bond donors (Lipinski definition) is 1. The number of para-hydroxylation sites is 1. The van der Waals surface area contributed by atoms with Crippen molar-refractivity contribution < 1.29 is 13.6 Å². The molecule has 0 bridgehead atoms. The molecule has 3 heterocycles. The molecule has 10 heteroatoms. The molecule has 37 heavy (non-hydrogen) atoms. The van der Waals surface area contributed by atoms with Crippen molar-refractivity contribution in [3.8, 4) is 5.69 Å². The Morgan fingerprint density at radius 2 is 1.81 bits per heavy atom. The van der Waals surface area contributed by atoms with Gasteiger partial charge in [0.2, 0.25) is 0 Å². The summed E-state index contributed by atoms with van der Waals surface area (Å²) in [7, 11) is 1.98. The van der Waals surface area contributed by atoms with Crippen molar-refractivity contribution in [3.05, 3.63) is 76.0 Å². The number of benzene rings is 2. The molecule has 1 aliphatic rings. The summed E-state index contributed by atoms with van der Waals surface area (Å²) in [5.74, 6) is -0.887. The molecule has 0 spiro atoms. The van der Waals surface area contributed by atoms with Crippen LogP contribution in [0.4, 0.5) is 20.2 Å². The van der Waals surface area contributed by atoms with E-state index in [1.807, 2.05) is 19.2 Å². The first-order chi connectivity index (χ1) is 17.7. The van der Waals surface area contributed by atoms with Crippen LogP contribution >= 0.6 is 0 Å². The summed E-state index contributed by atoms with van der Waals surface area (Å²) in [5.41, 5.74) is 1.57. The molecule has 0 unspecified atom stereocenters. The number of aryl methyl sites for hydroxylation is 1. The maximum atomic E-state index is 14.3. The van der Waals surface area contributed by atoms with Crippen LogP contribution in [-0.4, -0.2) is 38.3 Å². The summed E-state index contributed by atoms with van der Waals surface area (Å²) in [6.45, 7) is 8.00. The minimum atomic E-state index is -0.959. The van der Waals surface area contributed by atoms with E-state index in [0.717, 1.165) is 60.3 Å². The molecule has 1 atom stereocenters. The Labute approximate surface area is 212 Å². The summed E-state index contributed by atoms with van der Waals surface area (Å²) in [6, 6.07) is 9.28. The minimum Gasteiger partial charge on any atom is -0.368 e. The van der Waals surface area contributed by atoms with Crippen LogP contribution in [0, 0.1) is 17.6 Å². The van der Waals surface area contributed by atoms with Gasteiger partial charge in [0.1, 0.15) is 22.7 Å². The number of carbonyl (C=O) groups is 1. The van der Waals surface area contributed by atoms with Crippen molar-refractivity contribution in [3.63, 3.8) is 0 Å². The molecule has 0 aliphatic carbocycles. The summed E-state index contributed by atoms with van der Waals surface area (Å²) >= 11 is 0. The fourth-order valence-electron chi connectivity index (χ4n) is 4.91. The third kappa shape index (κ3) is 4.36. The third-order valence-electron chi connectivity index (χ3n) is 6.75. The normalized spacial score (nSPS) is 15.6. The maximum absolute atomic E-state index is 14.3. The van der Waals surface area contributed by atoms with E-state index in [4.69, 9.17) is 4.98 Å². The number of carbonyl (C=O) groups excluding carboxylic acids is 1. The second-order valence-electron chi connectivity index (χ2n) is 9.85. The first-order valence-electron chi connectivity index (χ1n) is 12.3. The fourth-order valence-corrected chi connectivity index (χ4v) is 4.91. The third-order valence-corrected chi connectivity index (χ3v) is 6.75. The molecule has 2 aromatic heterocycles. The quantitative estimate of drug-likeness (QED) is 0.427. The first kappa shape index (κ1) is 24.6. The van der Waals surface area contributed by atoms with Crippen molar-refractivity contribution in [2.75, 3.05) is 23.3 Å². The van der Waals surface area contributed by atoms with Crippen molar-refractivity contribution in [2.45, 2.75) is 33.1 Å². The van der Waals surface area contributed by atoms with Gasteiger partial charge in [0.15, 0.2) is 11.6 Å². The number of amides is 1. The molecule has 1 aliphatic heterocycles. The van der Waals surface area contributed by atoms with Gasteiger partial charge in [-0.3, -0.25) is 9.59 Å². The second kappa shape index (κ2) is 9.42. The highest BCUT2D eigenvalue weighted by atomic mass is 19.1. The minimum absolute atomic E-state index is 0.160. The van der Waals surface area contributed by atoms with E-state index in [1.165, 1.54) is 12.1 Å². The predicted octanol–water partition coefficient (Wildman–Crippen LogP) is 4.62. The van der Waals surface area contributed by atoms with Crippen LogP contribution in [0.15, 0.2) is 47.3 Å². The average molecular weight is 507 g/mol. The molecule has 192 valence electrons. The molecule has 1 N–H and O–H groups in total. The van der Waals surface area contributed by atoms with Gasteiger partial charge < -0.3 is 14.8 Å². The number of anilines is 2. The van der Waals surface area contributed by atoms with Crippen LogP contribution in [0.3, 0.4) is 0 Å². The van der Waals surface area contributed by atoms with E-state index in [2.05, 4.69) is 40.7 Å². The van der Waals surface area contributed by atoms with Gasteiger partial charge in [-0.25, -0.2) is 13.8 Å². The van der Waals surface area contributed by atoms with Crippen LogP contribution in [0.1, 0.15) is 49.4 Å². The second-order valence-corrected chi connectivity index (χ2v) is 9.85. The Balaban J connectivity index is 1.58. The van der Waals surface area contributed by atoms with Crippen LogP contribution in [0.5, 0.6) is 0 Å².